The number of ether oxygens (including phenoxy) is 3. The first-order valence-corrected chi connectivity index (χ1v) is 6.24. The first-order chi connectivity index (χ1) is 9.11. The lowest BCUT2D eigenvalue weighted by Gasteiger charge is -2.20. The second-order valence-corrected chi connectivity index (χ2v) is 4.27. The van der Waals surface area contributed by atoms with Crippen LogP contribution in [0.2, 0.25) is 0 Å². The molecule has 0 saturated carbocycles. The molecule has 0 aromatic heterocycles. The van der Waals surface area contributed by atoms with Gasteiger partial charge >= 0.3 is 5.97 Å². The molecule has 0 bridgehead atoms. The van der Waals surface area contributed by atoms with Crippen molar-refractivity contribution in [3.63, 3.8) is 0 Å². The number of benzene rings is 1. The second kappa shape index (κ2) is 8.32. The molecule has 0 N–H and O–H groups in total. The Kier molecular flexibility index (Phi) is 6.68. The highest BCUT2D eigenvalue weighted by atomic mass is 16.6. The van der Waals surface area contributed by atoms with Crippen molar-refractivity contribution in [2.24, 2.45) is 0 Å². The zero-order chi connectivity index (χ0) is 14.1. The van der Waals surface area contributed by atoms with Gasteiger partial charge in [-0.05, 0) is 26.0 Å². The second-order valence-electron chi connectivity index (χ2n) is 4.27. The maximum absolute atomic E-state index is 11.0. The van der Waals surface area contributed by atoms with Gasteiger partial charge in [-0.2, -0.15) is 0 Å². The monoisotopic (exact) mass is 264 g/mol. The summed E-state index contributed by atoms with van der Waals surface area (Å²) in [5.41, 5.74) is 0. The molecular weight excluding hydrogens is 244 g/mol. The highest BCUT2D eigenvalue weighted by Gasteiger charge is 2.14. The predicted molar refractivity (Wildman–Crippen MR) is 73.1 cm³/mol. The van der Waals surface area contributed by atoms with Crippen molar-refractivity contribution in [2.45, 2.75) is 26.1 Å². The van der Waals surface area contributed by atoms with E-state index in [0.29, 0.717) is 6.61 Å². The van der Waals surface area contributed by atoms with Crippen molar-refractivity contribution in [1.82, 2.24) is 0 Å². The summed E-state index contributed by atoms with van der Waals surface area (Å²) in [5, 5.41) is 0. The Balaban J connectivity index is 2.44. The molecular formula is C15H20O4. The molecule has 0 fully saturated rings. The normalized spacial score (nSPS) is 11.9. The molecule has 1 atom stereocenters. The Morgan fingerprint density at radius 2 is 1.95 bits per heavy atom. The fourth-order valence-electron chi connectivity index (χ4n) is 1.45. The maximum atomic E-state index is 11.0. The van der Waals surface area contributed by atoms with Crippen LogP contribution in [0.4, 0.5) is 0 Å². The van der Waals surface area contributed by atoms with Gasteiger partial charge in [0.2, 0.25) is 0 Å². The van der Waals surface area contributed by atoms with Crippen molar-refractivity contribution >= 4 is 5.97 Å². The lowest BCUT2D eigenvalue weighted by atomic mass is 10.3. The SMILES string of the molecule is C=CC(=O)OCC(COc1ccccc1)OC(C)C. The van der Waals surface area contributed by atoms with Crippen molar-refractivity contribution in [2.75, 3.05) is 13.2 Å². The summed E-state index contributed by atoms with van der Waals surface area (Å²) in [6.07, 6.45) is 0.862. The highest BCUT2D eigenvalue weighted by molar-refractivity contribution is 5.81. The molecule has 0 heterocycles. The van der Waals surface area contributed by atoms with Crippen LogP contribution in [0.25, 0.3) is 0 Å². The van der Waals surface area contributed by atoms with Crippen molar-refractivity contribution < 1.29 is 19.0 Å². The van der Waals surface area contributed by atoms with E-state index in [4.69, 9.17) is 14.2 Å². The number of carbonyl (C=O) groups is 1. The molecule has 0 aliphatic carbocycles. The average Bonchev–Trinajstić information content (AvgIpc) is 2.42. The molecule has 1 aromatic carbocycles. The first-order valence-electron chi connectivity index (χ1n) is 6.24. The summed E-state index contributed by atoms with van der Waals surface area (Å²) in [6.45, 7) is 7.66. The van der Waals surface area contributed by atoms with Crippen LogP contribution in [0, 0.1) is 0 Å². The molecule has 1 unspecified atom stereocenters. The molecule has 0 amide bonds. The van der Waals surface area contributed by atoms with Gasteiger partial charge in [0.1, 0.15) is 25.1 Å². The van der Waals surface area contributed by atoms with Crippen LogP contribution >= 0.6 is 0 Å². The van der Waals surface area contributed by atoms with Gasteiger partial charge < -0.3 is 14.2 Å². The molecule has 0 aliphatic rings. The largest absolute Gasteiger partial charge is 0.491 e. The van der Waals surface area contributed by atoms with E-state index in [2.05, 4.69) is 6.58 Å². The number of rotatable bonds is 8. The third-order valence-corrected chi connectivity index (χ3v) is 2.22. The minimum absolute atomic E-state index is 0.0341. The minimum atomic E-state index is -0.461. The van der Waals surface area contributed by atoms with E-state index in [-0.39, 0.29) is 18.8 Å². The number of hydrogen-bond donors (Lipinski definition) is 0. The van der Waals surface area contributed by atoms with Crippen LogP contribution in [0.15, 0.2) is 43.0 Å². The Bertz CT molecular complexity index is 386. The smallest absolute Gasteiger partial charge is 0.330 e. The maximum Gasteiger partial charge on any atom is 0.330 e. The Morgan fingerprint density at radius 3 is 2.53 bits per heavy atom. The molecule has 4 nitrogen and oxygen atoms in total. The van der Waals surface area contributed by atoms with Gasteiger partial charge in [0.25, 0.3) is 0 Å². The van der Waals surface area contributed by atoms with Crippen molar-refractivity contribution in [3.8, 4) is 5.75 Å². The molecule has 1 rings (SSSR count). The molecule has 1 aromatic rings. The Morgan fingerprint density at radius 1 is 1.26 bits per heavy atom. The standard InChI is InChI=1S/C15H20O4/c1-4-15(16)18-11-14(19-12(2)3)10-17-13-8-6-5-7-9-13/h4-9,12,14H,1,10-11H2,2-3H3. The summed E-state index contributed by atoms with van der Waals surface area (Å²) in [7, 11) is 0. The molecule has 19 heavy (non-hydrogen) atoms. The number of carbonyl (C=O) groups excluding carboxylic acids is 1. The molecule has 0 saturated heterocycles. The van der Waals surface area contributed by atoms with E-state index in [0.717, 1.165) is 11.8 Å². The minimum Gasteiger partial charge on any atom is -0.491 e. The molecule has 0 aliphatic heterocycles. The number of hydrogen-bond acceptors (Lipinski definition) is 4. The summed E-state index contributed by atoms with van der Waals surface area (Å²) in [5.74, 6) is 0.298. The van der Waals surface area contributed by atoms with Gasteiger partial charge in [-0.1, -0.05) is 24.8 Å². The third kappa shape index (κ3) is 6.62. The third-order valence-electron chi connectivity index (χ3n) is 2.22. The van der Waals surface area contributed by atoms with Gasteiger partial charge in [0.15, 0.2) is 0 Å². The van der Waals surface area contributed by atoms with Crippen LogP contribution in [0.5, 0.6) is 5.75 Å². The van der Waals surface area contributed by atoms with E-state index in [1.165, 1.54) is 0 Å². The zero-order valence-corrected chi connectivity index (χ0v) is 11.4. The van der Waals surface area contributed by atoms with E-state index in [1.54, 1.807) is 0 Å². The van der Waals surface area contributed by atoms with Gasteiger partial charge in [0, 0.05) is 6.08 Å². The Hall–Kier alpha value is -1.81. The summed E-state index contributed by atoms with van der Waals surface area (Å²) in [6, 6.07) is 9.43. The average molecular weight is 264 g/mol. The first kappa shape index (κ1) is 15.2. The topological polar surface area (TPSA) is 44.8 Å². The van der Waals surface area contributed by atoms with Crippen LogP contribution in [0.1, 0.15) is 13.8 Å². The van der Waals surface area contributed by atoms with Gasteiger partial charge in [-0.15, -0.1) is 0 Å². The summed E-state index contributed by atoms with van der Waals surface area (Å²) < 4.78 is 16.2. The van der Waals surface area contributed by atoms with Crippen LogP contribution in [-0.4, -0.2) is 31.4 Å². The lowest BCUT2D eigenvalue weighted by molar-refractivity contribution is -0.144. The van der Waals surface area contributed by atoms with E-state index in [1.807, 2.05) is 44.2 Å². The highest BCUT2D eigenvalue weighted by Crippen LogP contribution is 2.10. The van der Waals surface area contributed by atoms with Gasteiger partial charge in [0.05, 0.1) is 6.10 Å². The molecule has 0 spiro atoms. The Labute approximate surface area is 114 Å². The van der Waals surface area contributed by atoms with Crippen LogP contribution in [0.3, 0.4) is 0 Å². The fraction of sp³-hybridized carbons (Fsp3) is 0.400. The van der Waals surface area contributed by atoms with E-state index >= 15 is 0 Å². The summed E-state index contributed by atoms with van der Waals surface area (Å²) >= 11 is 0. The predicted octanol–water partition coefficient (Wildman–Crippen LogP) is 2.59. The molecule has 104 valence electrons. The van der Waals surface area contributed by atoms with Gasteiger partial charge in [-0.3, -0.25) is 0 Å². The van der Waals surface area contributed by atoms with Crippen molar-refractivity contribution in [3.05, 3.63) is 43.0 Å². The van der Waals surface area contributed by atoms with E-state index < -0.39 is 5.97 Å². The van der Waals surface area contributed by atoms with Crippen molar-refractivity contribution in [1.29, 1.82) is 0 Å². The van der Waals surface area contributed by atoms with Crippen LogP contribution in [-0.2, 0) is 14.3 Å². The zero-order valence-electron chi connectivity index (χ0n) is 11.4. The molecule has 0 radical (unpaired) electrons. The number of esters is 1. The summed E-state index contributed by atoms with van der Waals surface area (Å²) in [4.78, 5) is 11.0. The van der Waals surface area contributed by atoms with E-state index in [9.17, 15) is 4.79 Å². The number of para-hydroxylation sites is 1. The van der Waals surface area contributed by atoms with Crippen LogP contribution < -0.4 is 4.74 Å². The van der Waals surface area contributed by atoms with Gasteiger partial charge in [-0.25, -0.2) is 4.79 Å². The molecule has 4 heteroatoms. The fourth-order valence-corrected chi connectivity index (χ4v) is 1.45. The quantitative estimate of drug-likeness (QED) is 0.535. The lowest BCUT2D eigenvalue weighted by Crippen LogP contribution is -2.30.